The third kappa shape index (κ3) is 6.85. The number of primary amides is 1. The molecule has 0 aliphatic carbocycles. The monoisotopic (exact) mass is 607 g/mol. The lowest BCUT2D eigenvalue weighted by molar-refractivity contribution is -0.122. The van der Waals surface area contributed by atoms with Gasteiger partial charge in [-0.3, -0.25) is 14.4 Å². The number of amides is 2. The highest BCUT2D eigenvalue weighted by Gasteiger charge is 2.25. The first-order chi connectivity index (χ1) is 21.3. The number of aryl methyl sites for hydroxylation is 1. The van der Waals surface area contributed by atoms with Crippen LogP contribution in [0.3, 0.4) is 0 Å². The normalized spacial score (nSPS) is 15.0. The largest absolute Gasteiger partial charge is 0.397 e. The minimum atomic E-state index is -0.303. The van der Waals surface area contributed by atoms with E-state index in [1.54, 1.807) is 19.3 Å². The van der Waals surface area contributed by atoms with Gasteiger partial charge in [-0.2, -0.15) is 0 Å². The average Bonchev–Trinajstić information content (AvgIpc) is 3.00. The van der Waals surface area contributed by atoms with E-state index in [2.05, 4.69) is 41.3 Å². The number of carbonyl (C=O) groups excluding carboxylic acids is 2. The second-order valence-electron chi connectivity index (χ2n) is 12.7. The van der Waals surface area contributed by atoms with Crippen LogP contribution in [0, 0.1) is 12.8 Å². The van der Waals surface area contributed by atoms with Gasteiger partial charge in [0.05, 0.1) is 23.0 Å². The third-order valence-corrected chi connectivity index (χ3v) is 8.40. The standard InChI is InChI=1S/C35H41N7O3/c1-21-26(9-6-10-28(21)40-33(44)22-11-13-24(14-12-22)35(2,3)4)29-20-41(5)34(45)32(39-29)38-25-15-16-30(27(36)18-25)42-17-7-8-23(19-42)31(37)43/h6,9-16,18,20,23H,7-8,17,19,36H2,1-5H3,(H2,37,43)(H,38,39)(H,40,44). The molecule has 1 fully saturated rings. The zero-order chi connectivity index (χ0) is 32.5. The van der Waals surface area contributed by atoms with Gasteiger partial charge in [0.25, 0.3) is 11.5 Å². The van der Waals surface area contributed by atoms with Crippen molar-refractivity contribution in [3.8, 4) is 11.3 Å². The lowest BCUT2D eigenvalue weighted by atomic mass is 9.86. The van der Waals surface area contributed by atoms with Crippen molar-refractivity contribution in [2.45, 2.75) is 46.0 Å². The molecule has 0 saturated carbocycles. The minimum Gasteiger partial charge on any atom is -0.397 e. The molecular weight excluding hydrogens is 566 g/mol. The molecule has 0 spiro atoms. The Bertz CT molecular complexity index is 1810. The topological polar surface area (TPSA) is 148 Å². The number of hydrogen-bond donors (Lipinski definition) is 4. The van der Waals surface area contributed by atoms with Crippen molar-refractivity contribution < 1.29 is 9.59 Å². The maximum absolute atomic E-state index is 13.1. The summed E-state index contributed by atoms with van der Waals surface area (Å²) in [6.07, 6.45) is 3.31. The van der Waals surface area contributed by atoms with Crippen LogP contribution in [0.5, 0.6) is 0 Å². The summed E-state index contributed by atoms with van der Waals surface area (Å²) >= 11 is 0. The molecule has 1 saturated heterocycles. The van der Waals surface area contributed by atoms with Crippen molar-refractivity contribution in [3.05, 3.63) is 93.9 Å². The summed E-state index contributed by atoms with van der Waals surface area (Å²) in [6.45, 7) is 9.63. The van der Waals surface area contributed by atoms with Crippen LogP contribution in [0.25, 0.3) is 11.3 Å². The van der Waals surface area contributed by atoms with Crippen LogP contribution in [0.15, 0.2) is 71.7 Å². The van der Waals surface area contributed by atoms with E-state index in [4.69, 9.17) is 11.5 Å². The fraction of sp³-hybridized carbons (Fsp3) is 0.314. The fourth-order valence-electron chi connectivity index (χ4n) is 5.67. The Labute approximate surface area is 263 Å². The molecule has 4 aromatic rings. The predicted octanol–water partition coefficient (Wildman–Crippen LogP) is 5.33. The van der Waals surface area contributed by atoms with E-state index in [0.29, 0.717) is 34.9 Å². The van der Waals surface area contributed by atoms with Crippen molar-refractivity contribution in [3.63, 3.8) is 0 Å². The van der Waals surface area contributed by atoms with Crippen LogP contribution < -0.4 is 32.6 Å². The molecule has 10 heteroatoms. The van der Waals surface area contributed by atoms with E-state index in [0.717, 1.165) is 41.8 Å². The molecule has 1 aliphatic rings. The van der Waals surface area contributed by atoms with Crippen LogP contribution in [0.2, 0.25) is 0 Å². The molecule has 5 rings (SSSR count). The Morgan fingerprint density at radius 1 is 1.04 bits per heavy atom. The summed E-state index contributed by atoms with van der Waals surface area (Å²) in [5.41, 5.74) is 18.2. The summed E-state index contributed by atoms with van der Waals surface area (Å²) in [6, 6.07) is 18.7. The molecule has 234 valence electrons. The van der Waals surface area contributed by atoms with Crippen LogP contribution >= 0.6 is 0 Å². The van der Waals surface area contributed by atoms with Gasteiger partial charge in [-0.25, -0.2) is 4.98 Å². The predicted molar refractivity (Wildman–Crippen MR) is 181 cm³/mol. The molecule has 0 bridgehead atoms. The summed E-state index contributed by atoms with van der Waals surface area (Å²) in [7, 11) is 1.67. The number of nitrogens with zero attached hydrogens (tertiary/aromatic N) is 3. The highest BCUT2D eigenvalue weighted by Crippen LogP contribution is 2.32. The van der Waals surface area contributed by atoms with Crippen molar-refractivity contribution in [2.75, 3.05) is 34.4 Å². The molecule has 45 heavy (non-hydrogen) atoms. The molecule has 2 amide bonds. The number of piperidine rings is 1. The molecule has 6 N–H and O–H groups in total. The number of nitrogens with two attached hydrogens (primary N) is 2. The van der Waals surface area contributed by atoms with E-state index < -0.39 is 0 Å². The molecule has 1 aliphatic heterocycles. The summed E-state index contributed by atoms with van der Waals surface area (Å²) in [4.78, 5) is 44.7. The number of anilines is 5. The maximum atomic E-state index is 13.1. The number of hydrogen-bond acceptors (Lipinski definition) is 7. The number of benzene rings is 3. The van der Waals surface area contributed by atoms with Gasteiger partial charge < -0.3 is 31.6 Å². The summed E-state index contributed by atoms with van der Waals surface area (Å²) < 4.78 is 1.47. The van der Waals surface area contributed by atoms with Gasteiger partial charge in [0.2, 0.25) is 5.91 Å². The van der Waals surface area contributed by atoms with E-state index in [1.807, 2.05) is 61.5 Å². The van der Waals surface area contributed by atoms with Gasteiger partial charge in [0.15, 0.2) is 5.82 Å². The van der Waals surface area contributed by atoms with E-state index in [-0.39, 0.29) is 34.5 Å². The second-order valence-corrected chi connectivity index (χ2v) is 12.7. The number of aromatic nitrogens is 2. The second kappa shape index (κ2) is 12.5. The number of nitrogen functional groups attached to an aromatic ring is 1. The van der Waals surface area contributed by atoms with Crippen LogP contribution in [0.4, 0.5) is 28.6 Å². The molecule has 1 unspecified atom stereocenters. The summed E-state index contributed by atoms with van der Waals surface area (Å²) in [5.74, 6) is -0.572. The van der Waals surface area contributed by atoms with Gasteiger partial charge >= 0.3 is 0 Å². The van der Waals surface area contributed by atoms with Gasteiger partial charge in [-0.05, 0) is 72.7 Å². The SMILES string of the molecule is Cc1c(NC(=O)c2ccc(C(C)(C)C)cc2)cccc1-c1cn(C)c(=O)c(Nc2ccc(N3CCCC(C(N)=O)C3)c(N)c2)n1. The van der Waals surface area contributed by atoms with Crippen LogP contribution in [-0.4, -0.2) is 34.5 Å². The van der Waals surface area contributed by atoms with Crippen molar-refractivity contribution in [1.29, 1.82) is 0 Å². The highest BCUT2D eigenvalue weighted by molar-refractivity contribution is 6.05. The van der Waals surface area contributed by atoms with Crippen LogP contribution in [-0.2, 0) is 17.3 Å². The first kappa shape index (κ1) is 31.3. The molecule has 0 radical (unpaired) electrons. The number of rotatable bonds is 7. The van der Waals surface area contributed by atoms with Crippen LogP contribution in [0.1, 0.15) is 55.1 Å². The molecular formula is C35H41N7O3. The van der Waals surface area contributed by atoms with Crippen molar-refractivity contribution in [1.82, 2.24) is 9.55 Å². The minimum absolute atomic E-state index is 0.00310. The molecule has 3 aromatic carbocycles. The molecule has 2 heterocycles. The Balaban J connectivity index is 1.37. The van der Waals surface area contributed by atoms with Crippen molar-refractivity contribution in [2.24, 2.45) is 18.7 Å². The van der Waals surface area contributed by atoms with Gasteiger partial charge in [-0.15, -0.1) is 0 Å². The highest BCUT2D eigenvalue weighted by atomic mass is 16.2. The smallest absolute Gasteiger partial charge is 0.293 e. The summed E-state index contributed by atoms with van der Waals surface area (Å²) in [5, 5.41) is 6.17. The maximum Gasteiger partial charge on any atom is 0.293 e. The lowest BCUT2D eigenvalue weighted by Gasteiger charge is -2.33. The van der Waals surface area contributed by atoms with Crippen molar-refractivity contribution >= 4 is 40.4 Å². The van der Waals surface area contributed by atoms with Gasteiger partial charge in [-0.1, -0.05) is 45.0 Å². The lowest BCUT2D eigenvalue weighted by Crippen LogP contribution is -2.41. The third-order valence-electron chi connectivity index (χ3n) is 8.40. The van der Waals surface area contributed by atoms with E-state index in [1.165, 1.54) is 4.57 Å². The molecule has 1 aromatic heterocycles. The Kier molecular flexibility index (Phi) is 8.68. The van der Waals surface area contributed by atoms with E-state index in [9.17, 15) is 14.4 Å². The molecule has 10 nitrogen and oxygen atoms in total. The first-order valence-corrected chi connectivity index (χ1v) is 15.1. The quantitative estimate of drug-likeness (QED) is 0.208. The average molecular weight is 608 g/mol. The van der Waals surface area contributed by atoms with E-state index >= 15 is 0 Å². The zero-order valence-electron chi connectivity index (χ0n) is 26.5. The zero-order valence-corrected chi connectivity index (χ0v) is 26.5. The Hall–Kier alpha value is -5.12. The first-order valence-electron chi connectivity index (χ1n) is 15.1. The Morgan fingerprint density at radius 2 is 1.78 bits per heavy atom. The number of carbonyl (C=O) groups is 2. The van der Waals surface area contributed by atoms with Gasteiger partial charge in [0.1, 0.15) is 0 Å². The Morgan fingerprint density at radius 3 is 2.44 bits per heavy atom. The van der Waals surface area contributed by atoms with Gasteiger partial charge in [0, 0.05) is 48.8 Å². The molecule has 1 atom stereocenters. The fourth-order valence-corrected chi connectivity index (χ4v) is 5.67. The number of nitrogens with one attached hydrogen (secondary N) is 2.